The first-order valence-electron chi connectivity index (χ1n) is 9.52. The summed E-state index contributed by atoms with van der Waals surface area (Å²) in [5.74, 6) is 0.169. The first-order chi connectivity index (χ1) is 14.4. The molecule has 6 nitrogen and oxygen atoms in total. The van der Waals surface area contributed by atoms with Crippen LogP contribution in [0.3, 0.4) is 0 Å². The van der Waals surface area contributed by atoms with Crippen LogP contribution in [0.5, 0.6) is 5.75 Å². The quantitative estimate of drug-likeness (QED) is 0.634. The Labute approximate surface area is 174 Å². The molecule has 7 heteroatoms. The molecular weight excluding hydrogens is 385 g/mol. The summed E-state index contributed by atoms with van der Waals surface area (Å²) < 4.78 is 21.2. The molecule has 0 saturated carbocycles. The van der Waals surface area contributed by atoms with Crippen LogP contribution in [-0.4, -0.2) is 20.8 Å². The molecule has 2 aromatic carbocycles. The highest BCUT2D eigenvalue weighted by atomic mass is 19.1. The van der Waals surface area contributed by atoms with E-state index >= 15 is 0 Å². The molecule has 4 rings (SSSR count). The van der Waals surface area contributed by atoms with Crippen LogP contribution in [0, 0.1) is 5.82 Å². The van der Waals surface area contributed by atoms with Gasteiger partial charge < -0.3 is 15.2 Å². The van der Waals surface area contributed by atoms with E-state index in [-0.39, 0.29) is 12.5 Å². The van der Waals surface area contributed by atoms with Crippen LogP contribution in [0.15, 0.2) is 55.1 Å². The number of fused-ring (bicyclic) bond motifs is 2. The Balaban J connectivity index is 0.000000806. The smallest absolute Gasteiger partial charge is 0.221 e. The number of anilines is 1. The summed E-state index contributed by atoms with van der Waals surface area (Å²) in [6.45, 7) is 7.28. The minimum absolute atomic E-state index is 0.139. The number of allylic oxidation sites excluding steroid dienone is 1. The minimum atomic E-state index is -0.393. The highest BCUT2D eigenvalue weighted by molar-refractivity contribution is 5.88. The van der Waals surface area contributed by atoms with Crippen molar-refractivity contribution >= 4 is 11.6 Å². The molecule has 0 spiro atoms. The van der Waals surface area contributed by atoms with Crippen molar-refractivity contribution in [2.24, 2.45) is 0 Å². The van der Waals surface area contributed by atoms with Gasteiger partial charge in [-0.15, -0.1) is 6.58 Å². The lowest BCUT2D eigenvalue weighted by Gasteiger charge is -2.10. The molecule has 156 valence electrons. The number of ether oxygens (including phenoxy) is 1. The Morgan fingerprint density at radius 2 is 2.10 bits per heavy atom. The summed E-state index contributed by atoms with van der Waals surface area (Å²) in [4.78, 5) is 11.2. The fourth-order valence-electron chi connectivity index (χ4n) is 3.20. The molecule has 0 fully saturated rings. The molecule has 0 saturated heterocycles. The van der Waals surface area contributed by atoms with E-state index in [4.69, 9.17) is 4.74 Å². The third kappa shape index (κ3) is 4.75. The standard InChI is InChI=1S/C20H18FN3O3.C3H6/c1-12(26)22-16-4-2-13-9-24-17(11-27-20(13)7-16)8-19(23-24)18-5-3-15(21)6-14(18)10-25;1-3-2/h2-8,25H,9-11H2,1H3,(H,22,26);3H,1H2,2H3. The average Bonchev–Trinajstić information content (AvgIpc) is 3.02. The minimum Gasteiger partial charge on any atom is -0.487 e. The number of aromatic nitrogens is 2. The molecule has 2 N–H and O–H groups in total. The van der Waals surface area contributed by atoms with Gasteiger partial charge in [-0.1, -0.05) is 12.1 Å². The van der Waals surface area contributed by atoms with Crippen LogP contribution in [-0.2, 0) is 24.6 Å². The van der Waals surface area contributed by atoms with E-state index in [0.29, 0.717) is 41.4 Å². The molecule has 0 unspecified atom stereocenters. The van der Waals surface area contributed by atoms with Crippen molar-refractivity contribution in [2.45, 2.75) is 33.6 Å². The second-order valence-corrected chi connectivity index (χ2v) is 6.84. The maximum absolute atomic E-state index is 13.4. The number of benzene rings is 2. The molecule has 0 radical (unpaired) electrons. The van der Waals surface area contributed by atoms with Gasteiger partial charge in [0.05, 0.1) is 24.5 Å². The second-order valence-electron chi connectivity index (χ2n) is 6.84. The molecule has 1 amide bonds. The molecule has 0 aliphatic carbocycles. The van der Waals surface area contributed by atoms with Gasteiger partial charge in [0.2, 0.25) is 5.91 Å². The molecular formula is C23H24FN3O3. The molecule has 0 bridgehead atoms. The second kappa shape index (κ2) is 9.37. The summed E-state index contributed by atoms with van der Waals surface area (Å²) in [5, 5.41) is 16.9. The van der Waals surface area contributed by atoms with E-state index in [2.05, 4.69) is 17.0 Å². The average molecular weight is 409 g/mol. The maximum Gasteiger partial charge on any atom is 0.221 e. The Hall–Kier alpha value is -3.45. The number of carbonyl (C=O) groups is 1. The van der Waals surface area contributed by atoms with Crippen LogP contribution < -0.4 is 10.1 Å². The van der Waals surface area contributed by atoms with Crippen LogP contribution in [0.25, 0.3) is 11.3 Å². The third-order valence-electron chi connectivity index (χ3n) is 4.46. The molecule has 1 aromatic heterocycles. The Kier molecular flexibility index (Phi) is 6.64. The lowest BCUT2D eigenvalue weighted by atomic mass is 10.0. The topological polar surface area (TPSA) is 76.4 Å². The Bertz CT molecular complexity index is 1080. The fraction of sp³-hybridized carbons (Fsp3) is 0.217. The van der Waals surface area contributed by atoms with Crippen molar-refractivity contribution in [1.29, 1.82) is 0 Å². The SMILES string of the molecule is C=CC.CC(=O)Nc1ccc2c(c1)OCc1cc(-c3ccc(F)cc3CO)nn1C2. The molecule has 1 aliphatic heterocycles. The number of rotatable bonds is 3. The molecule has 2 heterocycles. The lowest BCUT2D eigenvalue weighted by molar-refractivity contribution is -0.114. The molecule has 1 aliphatic rings. The predicted octanol–water partition coefficient (Wildman–Crippen LogP) is 4.27. The summed E-state index contributed by atoms with van der Waals surface area (Å²) >= 11 is 0. The summed E-state index contributed by atoms with van der Waals surface area (Å²) in [7, 11) is 0. The highest BCUT2D eigenvalue weighted by Crippen LogP contribution is 2.31. The number of carbonyl (C=O) groups excluding carboxylic acids is 1. The first kappa shape index (κ1) is 21.3. The number of amides is 1. The van der Waals surface area contributed by atoms with Gasteiger partial charge in [0.25, 0.3) is 0 Å². The van der Waals surface area contributed by atoms with E-state index in [9.17, 15) is 14.3 Å². The number of nitrogens with one attached hydrogen (secondary N) is 1. The van der Waals surface area contributed by atoms with Gasteiger partial charge >= 0.3 is 0 Å². The van der Waals surface area contributed by atoms with E-state index < -0.39 is 5.82 Å². The Morgan fingerprint density at radius 3 is 2.80 bits per heavy atom. The molecule has 0 atom stereocenters. The van der Waals surface area contributed by atoms with Crippen LogP contribution in [0.4, 0.5) is 10.1 Å². The fourth-order valence-corrected chi connectivity index (χ4v) is 3.20. The highest BCUT2D eigenvalue weighted by Gasteiger charge is 2.19. The van der Waals surface area contributed by atoms with Gasteiger partial charge in [0.1, 0.15) is 18.2 Å². The van der Waals surface area contributed by atoms with Gasteiger partial charge in [0, 0.05) is 29.8 Å². The first-order valence-corrected chi connectivity index (χ1v) is 9.52. The van der Waals surface area contributed by atoms with Gasteiger partial charge in [-0.25, -0.2) is 4.39 Å². The van der Waals surface area contributed by atoms with Crippen LogP contribution in [0.1, 0.15) is 30.7 Å². The van der Waals surface area contributed by atoms with Crippen molar-refractivity contribution in [2.75, 3.05) is 5.32 Å². The summed E-state index contributed by atoms with van der Waals surface area (Å²) in [6.07, 6.45) is 1.75. The largest absolute Gasteiger partial charge is 0.487 e. The predicted molar refractivity (Wildman–Crippen MR) is 114 cm³/mol. The zero-order valence-electron chi connectivity index (χ0n) is 17.0. The van der Waals surface area contributed by atoms with Crippen molar-refractivity contribution in [3.8, 4) is 17.0 Å². The van der Waals surface area contributed by atoms with E-state index in [1.807, 2.05) is 29.8 Å². The molecule has 3 aromatic rings. The summed E-state index contributed by atoms with van der Waals surface area (Å²) in [6, 6.07) is 11.7. The molecule has 30 heavy (non-hydrogen) atoms. The van der Waals surface area contributed by atoms with Crippen molar-refractivity contribution in [1.82, 2.24) is 9.78 Å². The van der Waals surface area contributed by atoms with Crippen LogP contribution in [0.2, 0.25) is 0 Å². The van der Waals surface area contributed by atoms with E-state index in [0.717, 1.165) is 11.3 Å². The number of halogens is 1. The van der Waals surface area contributed by atoms with Gasteiger partial charge in [-0.2, -0.15) is 5.10 Å². The van der Waals surface area contributed by atoms with Crippen molar-refractivity contribution in [3.05, 3.63) is 77.8 Å². The van der Waals surface area contributed by atoms with Gasteiger partial charge in [-0.3, -0.25) is 9.48 Å². The Morgan fingerprint density at radius 1 is 1.33 bits per heavy atom. The lowest BCUT2D eigenvalue weighted by Crippen LogP contribution is -2.06. The zero-order valence-corrected chi connectivity index (χ0v) is 17.0. The van der Waals surface area contributed by atoms with Crippen molar-refractivity contribution in [3.63, 3.8) is 0 Å². The zero-order chi connectivity index (χ0) is 21.7. The van der Waals surface area contributed by atoms with Gasteiger partial charge in [-0.05, 0) is 42.8 Å². The van der Waals surface area contributed by atoms with Crippen molar-refractivity contribution < 1.29 is 19.0 Å². The number of hydrogen-bond donors (Lipinski definition) is 2. The monoisotopic (exact) mass is 409 g/mol. The maximum atomic E-state index is 13.4. The third-order valence-corrected chi connectivity index (χ3v) is 4.46. The van der Waals surface area contributed by atoms with Crippen LogP contribution >= 0.6 is 0 Å². The normalized spacial score (nSPS) is 11.7. The summed E-state index contributed by atoms with van der Waals surface area (Å²) in [5.41, 5.74) is 4.34. The number of nitrogens with zero attached hydrogens (tertiary/aromatic N) is 2. The number of aliphatic hydroxyl groups is 1. The van der Waals surface area contributed by atoms with E-state index in [1.165, 1.54) is 19.1 Å². The van der Waals surface area contributed by atoms with E-state index in [1.54, 1.807) is 18.2 Å². The number of aliphatic hydroxyl groups excluding tert-OH is 1. The number of hydrogen-bond acceptors (Lipinski definition) is 4. The van der Waals surface area contributed by atoms with Gasteiger partial charge in [0.15, 0.2) is 0 Å².